The van der Waals surface area contributed by atoms with Crippen molar-refractivity contribution in [2.24, 2.45) is 0 Å². The fraction of sp³-hybridized carbons (Fsp3) is 0.438. The largest absolute Gasteiger partial charge is 0.453 e. The second-order valence-corrected chi connectivity index (χ2v) is 6.91. The van der Waals surface area contributed by atoms with E-state index in [4.69, 9.17) is 16.3 Å². The Bertz CT molecular complexity index is 578. The number of carbonyl (C=O) groups is 3. The molecule has 1 aromatic rings. The number of rotatable bonds is 7. The molecule has 1 aromatic carbocycles. The molecule has 0 spiro atoms. The topological polar surface area (TPSA) is 84.5 Å². The zero-order valence-electron chi connectivity index (χ0n) is 13.8. The lowest BCUT2D eigenvalue weighted by Gasteiger charge is -2.14. The summed E-state index contributed by atoms with van der Waals surface area (Å²) in [4.78, 5) is 35.9. The van der Waals surface area contributed by atoms with Gasteiger partial charge in [0.1, 0.15) is 0 Å². The lowest BCUT2D eigenvalue weighted by Crippen LogP contribution is -2.46. The van der Waals surface area contributed by atoms with E-state index in [-0.39, 0.29) is 12.5 Å². The van der Waals surface area contributed by atoms with Crippen molar-refractivity contribution in [1.82, 2.24) is 10.6 Å². The number of carbonyl (C=O) groups excluding carboxylic acids is 3. The monoisotopic (exact) mass is 372 g/mol. The summed E-state index contributed by atoms with van der Waals surface area (Å²) in [6.07, 6.45) is -0.876. The Kier molecular flexibility index (Phi) is 8.63. The van der Waals surface area contributed by atoms with Gasteiger partial charge in [-0.05, 0) is 45.0 Å². The van der Waals surface area contributed by atoms with Crippen LogP contribution in [0.2, 0.25) is 5.02 Å². The van der Waals surface area contributed by atoms with E-state index in [1.165, 1.54) is 18.7 Å². The summed E-state index contributed by atoms with van der Waals surface area (Å²) < 4.78 is 5.01. The van der Waals surface area contributed by atoms with Crippen LogP contribution in [0.25, 0.3) is 0 Å². The highest BCUT2D eigenvalue weighted by molar-refractivity contribution is 7.99. The quantitative estimate of drug-likeness (QED) is 0.567. The maximum absolute atomic E-state index is 11.7. The third-order valence-corrected chi connectivity index (χ3v) is 3.99. The van der Waals surface area contributed by atoms with Crippen LogP contribution in [0, 0.1) is 0 Å². The molecule has 2 N–H and O–H groups in total. The maximum Gasteiger partial charge on any atom is 0.321 e. The van der Waals surface area contributed by atoms with Crippen molar-refractivity contribution >= 4 is 41.3 Å². The summed E-state index contributed by atoms with van der Waals surface area (Å²) in [6.45, 7) is 4.96. The molecule has 0 saturated heterocycles. The standard InChI is InChI=1S/C16H21ClN2O4S/c1-10(2)18-16(22)19-15(21)11(3)23-14(20)8-9-24-13-6-4-12(17)5-7-13/h4-7,10-11H,8-9H2,1-3H3,(H2,18,19,21,22). The first-order valence-electron chi connectivity index (χ1n) is 7.47. The second-order valence-electron chi connectivity index (χ2n) is 5.30. The number of esters is 1. The highest BCUT2D eigenvalue weighted by atomic mass is 35.5. The van der Waals surface area contributed by atoms with Crippen molar-refractivity contribution in [2.75, 3.05) is 5.75 Å². The number of imide groups is 1. The summed E-state index contributed by atoms with van der Waals surface area (Å²) in [5.41, 5.74) is 0. The summed E-state index contributed by atoms with van der Waals surface area (Å²) in [6, 6.07) is 6.56. The Morgan fingerprint density at radius 3 is 2.38 bits per heavy atom. The third-order valence-electron chi connectivity index (χ3n) is 2.72. The Morgan fingerprint density at radius 1 is 1.17 bits per heavy atom. The lowest BCUT2D eigenvalue weighted by atomic mass is 10.3. The molecule has 1 unspecified atom stereocenters. The molecule has 0 fully saturated rings. The fourth-order valence-electron chi connectivity index (χ4n) is 1.60. The van der Waals surface area contributed by atoms with Crippen LogP contribution in [0.3, 0.4) is 0 Å². The van der Waals surface area contributed by atoms with Crippen molar-refractivity contribution in [3.05, 3.63) is 29.3 Å². The van der Waals surface area contributed by atoms with Gasteiger partial charge in [-0.3, -0.25) is 14.9 Å². The minimum Gasteiger partial charge on any atom is -0.453 e. The number of urea groups is 1. The van der Waals surface area contributed by atoms with Gasteiger partial charge >= 0.3 is 12.0 Å². The van der Waals surface area contributed by atoms with Gasteiger partial charge in [-0.2, -0.15) is 0 Å². The van der Waals surface area contributed by atoms with Gasteiger partial charge in [0.05, 0.1) is 6.42 Å². The number of hydrogen-bond donors (Lipinski definition) is 2. The Morgan fingerprint density at radius 2 is 1.79 bits per heavy atom. The van der Waals surface area contributed by atoms with Gasteiger partial charge in [-0.15, -0.1) is 11.8 Å². The summed E-state index contributed by atoms with van der Waals surface area (Å²) in [5.74, 6) is -0.641. The fourth-order valence-corrected chi connectivity index (χ4v) is 2.56. The van der Waals surface area contributed by atoms with Gasteiger partial charge in [0.25, 0.3) is 5.91 Å². The van der Waals surface area contributed by atoms with Crippen LogP contribution in [0.15, 0.2) is 29.2 Å². The number of ether oxygens (including phenoxy) is 1. The molecule has 6 nitrogen and oxygen atoms in total. The van der Waals surface area contributed by atoms with E-state index in [9.17, 15) is 14.4 Å². The Hall–Kier alpha value is -1.73. The lowest BCUT2D eigenvalue weighted by molar-refractivity contribution is -0.154. The average molecular weight is 373 g/mol. The zero-order valence-corrected chi connectivity index (χ0v) is 15.4. The molecule has 1 atom stereocenters. The molecule has 0 radical (unpaired) electrons. The molecular formula is C16H21ClN2O4S. The van der Waals surface area contributed by atoms with Crippen LogP contribution in [-0.2, 0) is 14.3 Å². The molecule has 8 heteroatoms. The molecule has 0 saturated carbocycles. The molecule has 0 aliphatic rings. The highest BCUT2D eigenvalue weighted by Gasteiger charge is 2.20. The second kappa shape index (κ2) is 10.2. The van der Waals surface area contributed by atoms with Gasteiger partial charge in [-0.1, -0.05) is 11.6 Å². The van der Waals surface area contributed by atoms with E-state index in [0.717, 1.165) is 4.90 Å². The Labute approximate surface area is 150 Å². The van der Waals surface area contributed by atoms with E-state index in [0.29, 0.717) is 10.8 Å². The van der Waals surface area contributed by atoms with Crippen LogP contribution in [-0.4, -0.2) is 35.8 Å². The molecule has 0 bridgehead atoms. The first kappa shape index (κ1) is 20.3. The van der Waals surface area contributed by atoms with Crippen molar-refractivity contribution in [3.8, 4) is 0 Å². The van der Waals surface area contributed by atoms with E-state index in [1.807, 2.05) is 12.1 Å². The van der Waals surface area contributed by atoms with Crippen LogP contribution in [0.1, 0.15) is 27.2 Å². The predicted molar refractivity (Wildman–Crippen MR) is 94.2 cm³/mol. The summed E-state index contributed by atoms with van der Waals surface area (Å²) in [5, 5.41) is 5.29. The van der Waals surface area contributed by atoms with Gasteiger partial charge in [-0.25, -0.2) is 4.79 Å². The average Bonchev–Trinajstić information content (AvgIpc) is 2.48. The zero-order chi connectivity index (χ0) is 18.1. The Balaban J connectivity index is 2.29. The molecule has 0 aromatic heterocycles. The number of thioether (sulfide) groups is 1. The maximum atomic E-state index is 11.7. The smallest absolute Gasteiger partial charge is 0.321 e. The van der Waals surface area contributed by atoms with Crippen molar-refractivity contribution in [2.45, 2.75) is 44.2 Å². The van der Waals surface area contributed by atoms with Gasteiger partial charge in [0.15, 0.2) is 6.10 Å². The van der Waals surface area contributed by atoms with Crippen LogP contribution in [0.4, 0.5) is 4.79 Å². The summed E-state index contributed by atoms with van der Waals surface area (Å²) >= 11 is 7.28. The number of halogens is 1. The minimum absolute atomic E-state index is 0.0967. The molecule has 3 amide bonds. The molecule has 132 valence electrons. The summed E-state index contributed by atoms with van der Waals surface area (Å²) in [7, 11) is 0. The van der Waals surface area contributed by atoms with E-state index in [2.05, 4.69) is 10.6 Å². The third kappa shape index (κ3) is 8.21. The minimum atomic E-state index is -1.03. The number of amides is 3. The molecular weight excluding hydrogens is 352 g/mol. The number of benzene rings is 1. The molecule has 0 heterocycles. The predicted octanol–water partition coefficient (Wildman–Crippen LogP) is 2.99. The molecule has 0 aliphatic heterocycles. The van der Waals surface area contributed by atoms with Crippen molar-refractivity contribution in [3.63, 3.8) is 0 Å². The molecule has 1 rings (SSSR count). The van der Waals surface area contributed by atoms with Gasteiger partial charge in [0.2, 0.25) is 0 Å². The van der Waals surface area contributed by atoms with Crippen LogP contribution >= 0.6 is 23.4 Å². The van der Waals surface area contributed by atoms with E-state index in [1.54, 1.807) is 26.0 Å². The van der Waals surface area contributed by atoms with Crippen LogP contribution in [0.5, 0.6) is 0 Å². The van der Waals surface area contributed by atoms with Crippen molar-refractivity contribution < 1.29 is 19.1 Å². The van der Waals surface area contributed by atoms with Crippen LogP contribution < -0.4 is 10.6 Å². The van der Waals surface area contributed by atoms with Gasteiger partial charge < -0.3 is 10.1 Å². The number of nitrogens with one attached hydrogen (secondary N) is 2. The van der Waals surface area contributed by atoms with Gasteiger partial charge in [0, 0.05) is 21.7 Å². The van der Waals surface area contributed by atoms with Crippen molar-refractivity contribution in [1.29, 1.82) is 0 Å². The first-order chi connectivity index (χ1) is 11.3. The normalized spacial score (nSPS) is 11.7. The van der Waals surface area contributed by atoms with E-state index < -0.39 is 24.0 Å². The molecule has 0 aliphatic carbocycles. The number of hydrogen-bond acceptors (Lipinski definition) is 5. The highest BCUT2D eigenvalue weighted by Crippen LogP contribution is 2.21. The first-order valence-corrected chi connectivity index (χ1v) is 8.83. The van der Waals surface area contributed by atoms with E-state index >= 15 is 0 Å². The molecule has 24 heavy (non-hydrogen) atoms. The SMILES string of the molecule is CC(C)NC(=O)NC(=O)C(C)OC(=O)CCSc1ccc(Cl)cc1.